The summed E-state index contributed by atoms with van der Waals surface area (Å²) in [6, 6.07) is -1.03. The molecule has 2 amide bonds. The fraction of sp³-hybridized carbons (Fsp3) is 0.762. The largest absolute Gasteiger partial charge is 0.463 e. The minimum absolute atomic E-state index is 0.128. The zero-order chi connectivity index (χ0) is 27.1. The van der Waals surface area contributed by atoms with E-state index in [1.807, 2.05) is 0 Å². The summed E-state index contributed by atoms with van der Waals surface area (Å²) >= 11 is 0. The zero-order valence-corrected chi connectivity index (χ0v) is 20.9. The van der Waals surface area contributed by atoms with Crippen LogP contribution in [0.5, 0.6) is 0 Å². The summed E-state index contributed by atoms with van der Waals surface area (Å²) in [6.07, 6.45) is -4.09. The van der Waals surface area contributed by atoms with Crippen molar-refractivity contribution in [2.75, 3.05) is 39.5 Å². The van der Waals surface area contributed by atoms with E-state index in [1.54, 1.807) is 0 Å². The number of hydrogen-bond acceptors (Lipinski definition) is 13. The van der Waals surface area contributed by atoms with Crippen LogP contribution in [0.1, 0.15) is 34.1 Å². The van der Waals surface area contributed by atoms with E-state index >= 15 is 0 Å². The zero-order valence-electron chi connectivity index (χ0n) is 20.9. The maximum atomic E-state index is 11.9. The Bertz CT molecular complexity index is 751. The van der Waals surface area contributed by atoms with Crippen molar-refractivity contribution in [3.8, 4) is 0 Å². The first-order valence-corrected chi connectivity index (χ1v) is 11.4. The molecule has 1 aliphatic rings. The molecule has 1 aliphatic heterocycles. The van der Waals surface area contributed by atoms with Gasteiger partial charge in [-0.05, 0) is 6.42 Å². The molecule has 206 valence electrons. The molecule has 0 aromatic heterocycles. The second-order valence-electron chi connectivity index (χ2n) is 7.74. The van der Waals surface area contributed by atoms with Gasteiger partial charge in [-0.25, -0.2) is 5.43 Å². The van der Waals surface area contributed by atoms with Crippen LogP contribution in [0.25, 0.3) is 0 Å². The molecule has 15 heteroatoms. The van der Waals surface area contributed by atoms with Gasteiger partial charge in [0.05, 0.1) is 19.8 Å². The van der Waals surface area contributed by atoms with E-state index in [2.05, 4.69) is 16.2 Å². The minimum atomic E-state index is -1.18. The average molecular weight is 521 g/mol. The topological polar surface area (TPSA) is 203 Å². The number of nitrogens with one attached hydrogen (secondary N) is 3. The van der Waals surface area contributed by atoms with Gasteiger partial charge in [-0.15, -0.1) is 0 Å². The highest BCUT2D eigenvalue weighted by Gasteiger charge is 2.51. The number of carbonyl (C=O) groups is 5. The van der Waals surface area contributed by atoms with Gasteiger partial charge in [0, 0.05) is 40.8 Å². The van der Waals surface area contributed by atoms with Crippen LogP contribution in [-0.2, 0) is 52.4 Å². The Kier molecular flexibility index (Phi) is 14.5. The van der Waals surface area contributed by atoms with E-state index in [1.165, 1.54) is 13.8 Å². The smallest absolute Gasteiger partial charge is 0.303 e. The first kappa shape index (κ1) is 31.2. The minimum Gasteiger partial charge on any atom is -0.463 e. The summed E-state index contributed by atoms with van der Waals surface area (Å²) in [4.78, 5) is 57.8. The highest BCUT2D eigenvalue weighted by atomic mass is 16.7. The maximum absolute atomic E-state index is 11.9. The average Bonchev–Trinajstić information content (AvgIpc) is 2.79. The summed E-state index contributed by atoms with van der Waals surface area (Å²) in [5.41, 5.74) is 10.2. The summed E-state index contributed by atoms with van der Waals surface area (Å²) in [6.45, 7) is 5.44. The van der Waals surface area contributed by atoms with Crippen molar-refractivity contribution in [1.29, 1.82) is 0 Å². The summed E-state index contributed by atoms with van der Waals surface area (Å²) in [5.74, 6) is -2.79. The molecule has 0 spiro atoms. The quantitative estimate of drug-likeness (QED) is 0.0774. The molecule has 0 aromatic carbocycles. The van der Waals surface area contributed by atoms with Gasteiger partial charge in [0.1, 0.15) is 18.8 Å². The van der Waals surface area contributed by atoms with Gasteiger partial charge in [-0.1, -0.05) is 0 Å². The molecule has 1 rings (SSSR count). The molecule has 0 aromatic rings. The van der Waals surface area contributed by atoms with Crippen molar-refractivity contribution >= 4 is 29.7 Å². The van der Waals surface area contributed by atoms with Crippen LogP contribution >= 0.6 is 0 Å². The Morgan fingerprint density at radius 1 is 0.889 bits per heavy atom. The lowest BCUT2D eigenvalue weighted by molar-refractivity contribution is -0.278. The number of ether oxygens (including phenoxy) is 6. The monoisotopic (exact) mass is 520 g/mol. The molecule has 5 N–H and O–H groups in total. The highest BCUT2D eigenvalue weighted by Crippen LogP contribution is 2.28. The molecular formula is C21H36N4O11. The van der Waals surface area contributed by atoms with Crippen molar-refractivity contribution in [3.63, 3.8) is 0 Å². The number of hydrazine groups is 1. The van der Waals surface area contributed by atoms with Crippen molar-refractivity contribution in [2.24, 2.45) is 5.73 Å². The van der Waals surface area contributed by atoms with Gasteiger partial charge in [0.15, 0.2) is 18.5 Å². The molecular weight excluding hydrogens is 484 g/mol. The maximum Gasteiger partial charge on any atom is 0.303 e. The van der Waals surface area contributed by atoms with E-state index in [-0.39, 0.29) is 25.7 Å². The fourth-order valence-electron chi connectivity index (χ4n) is 3.23. The number of nitrogens with two attached hydrogens (primary N) is 1. The van der Waals surface area contributed by atoms with Crippen LogP contribution in [-0.4, -0.2) is 99.9 Å². The van der Waals surface area contributed by atoms with E-state index in [4.69, 9.17) is 34.2 Å². The lowest BCUT2D eigenvalue weighted by Crippen LogP contribution is -2.66. The lowest BCUT2D eigenvalue weighted by Gasteiger charge is -2.44. The molecule has 0 bridgehead atoms. The first-order chi connectivity index (χ1) is 17.0. The lowest BCUT2D eigenvalue weighted by atomic mass is 9.96. The molecule has 0 aliphatic carbocycles. The van der Waals surface area contributed by atoms with Crippen molar-refractivity contribution in [3.05, 3.63) is 0 Å². The van der Waals surface area contributed by atoms with Gasteiger partial charge in [-0.3, -0.25) is 29.4 Å². The summed E-state index contributed by atoms with van der Waals surface area (Å²) in [5, 5.41) is 2.62. The molecule has 1 saturated heterocycles. The predicted molar refractivity (Wildman–Crippen MR) is 121 cm³/mol. The normalized spacial score (nSPS) is 23.3. The van der Waals surface area contributed by atoms with Crippen LogP contribution in [0.4, 0.5) is 0 Å². The molecule has 5 unspecified atom stereocenters. The Labute approximate surface area is 208 Å². The molecule has 5 atom stereocenters. The number of carbonyl (C=O) groups excluding carboxylic acids is 5. The van der Waals surface area contributed by atoms with Crippen molar-refractivity contribution in [1.82, 2.24) is 16.2 Å². The third-order valence-corrected chi connectivity index (χ3v) is 4.57. The second-order valence-corrected chi connectivity index (χ2v) is 7.74. The molecule has 15 nitrogen and oxygen atoms in total. The van der Waals surface area contributed by atoms with E-state index in [0.29, 0.717) is 26.2 Å². The third kappa shape index (κ3) is 12.2. The Hall–Kier alpha value is -2.85. The van der Waals surface area contributed by atoms with Crippen LogP contribution < -0.4 is 21.9 Å². The summed E-state index contributed by atoms with van der Waals surface area (Å²) < 4.78 is 32.9. The van der Waals surface area contributed by atoms with E-state index in [0.717, 1.165) is 13.8 Å². The molecule has 36 heavy (non-hydrogen) atoms. The van der Waals surface area contributed by atoms with Gasteiger partial charge in [-0.2, -0.15) is 0 Å². The highest BCUT2D eigenvalue weighted by molar-refractivity contribution is 5.77. The molecule has 1 heterocycles. The molecule has 1 fully saturated rings. The number of amides is 2. The van der Waals surface area contributed by atoms with Gasteiger partial charge in [0.25, 0.3) is 0 Å². The van der Waals surface area contributed by atoms with Gasteiger partial charge >= 0.3 is 17.9 Å². The van der Waals surface area contributed by atoms with Gasteiger partial charge < -0.3 is 39.5 Å². The van der Waals surface area contributed by atoms with Crippen molar-refractivity contribution in [2.45, 2.75) is 64.8 Å². The van der Waals surface area contributed by atoms with Crippen LogP contribution in [0.15, 0.2) is 0 Å². The third-order valence-electron chi connectivity index (χ3n) is 4.57. The van der Waals surface area contributed by atoms with Gasteiger partial charge in [0.2, 0.25) is 11.8 Å². The van der Waals surface area contributed by atoms with E-state index in [9.17, 15) is 24.0 Å². The molecule has 0 radical (unpaired) electrons. The standard InChI is InChI=1S/C21H36N4O11/c1-12(26)24-18-20(35-15(4)29)19(34-14(3)28)16(11-33-13(2)27)36-21(18)32-8-5-7-31-9-6-23-25-17(30)10-22/h16,18-21,23H,5-11,22H2,1-4H3,(H,24,26)(H,25,30). The fourth-order valence-corrected chi connectivity index (χ4v) is 3.23. The summed E-state index contributed by atoms with van der Waals surface area (Å²) in [7, 11) is 0. The predicted octanol–water partition coefficient (Wildman–Crippen LogP) is -2.35. The second kappa shape index (κ2) is 16.8. The van der Waals surface area contributed by atoms with Crippen LogP contribution in [0.3, 0.4) is 0 Å². The SMILES string of the molecule is CC(=O)NC1C(OCCCOCCNNC(=O)CN)OC(COC(C)=O)C(OC(C)=O)C1OC(C)=O. The van der Waals surface area contributed by atoms with Crippen molar-refractivity contribution < 1.29 is 52.4 Å². The molecule has 0 saturated carbocycles. The van der Waals surface area contributed by atoms with E-state index < -0.39 is 54.5 Å². The van der Waals surface area contributed by atoms with Crippen LogP contribution in [0, 0.1) is 0 Å². The first-order valence-electron chi connectivity index (χ1n) is 11.4. The number of hydrogen-bond donors (Lipinski definition) is 4. The number of esters is 3. The Morgan fingerprint density at radius 2 is 1.56 bits per heavy atom. The number of rotatable bonds is 15. The Morgan fingerprint density at radius 3 is 2.14 bits per heavy atom. The van der Waals surface area contributed by atoms with Crippen LogP contribution in [0.2, 0.25) is 0 Å². The Balaban J connectivity index is 2.80.